The molecule has 0 rings (SSSR count). The Bertz CT molecular complexity index is 937. The van der Waals surface area contributed by atoms with Gasteiger partial charge in [-0.05, 0) is 12.8 Å². The second-order valence-electron chi connectivity index (χ2n) is 15.3. The number of esters is 1. The van der Waals surface area contributed by atoms with Gasteiger partial charge in [0.25, 0.3) is 0 Å². The number of ether oxygens (including phenoxy) is 1. The number of carboxylic acids is 1. The molecule has 0 aromatic rings. The molecule has 0 aromatic heterocycles. The standard InChI is InChI=1S/C42H82NO10P/c1-3-5-7-9-11-13-15-17-18-19-20-21-22-23-25-27-29-31-33-40(45)43-39(42(47)48)37-53-54(49,50)52-36-38(44)35-51-41(46)34-32-30-28-26-24-16-14-12-10-8-6-4-2/h38-39,44H,3-37H2,1-2H3,(H,43,45)(H,47,48)(H,49,50). The number of rotatable bonds is 42. The summed E-state index contributed by atoms with van der Waals surface area (Å²) in [4.78, 5) is 45.9. The number of carboxylic acid groups (broad SMARTS) is 1. The third-order valence-corrected chi connectivity index (χ3v) is 10.8. The molecule has 11 nitrogen and oxygen atoms in total. The van der Waals surface area contributed by atoms with Gasteiger partial charge in [0.1, 0.15) is 12.7 Å². The fourth-order valence-corrected chi connectivity index (χ4v) is 7.21. The zero-order valence-corrected chi connectivity index (χ0v) is 35.4. The summed E-state index contributed by atoms with van der Waals surface area (Å²) in [5, 5.41) is 21.8. The first-order valence-electron chi connectivity index (χ1n) is 22.1. The Morgan fingerprint density at radius 2 is 0.852 bits per heavy atom. The van der Waals surface area contributed by atoms with Gasteiger partial charge in [-0.1, -0.05) is 194 Å². The zero-order chi connectivity index (χ0) is 40.0. The molecule has 320 valence electrons. The average Bonchev–Trinajstić information content (AvgIpc) is 3.14. The van der Waals surface area contributed by atoms with Gasteiger partial charge in [-0.15, -0.1) is 0 Å². The maximum absolute atomic E-state index is 12.3. The van der Waals surface area contributed by atoms with Crippen LogP contribution in [0.2, 0.25) is 0 Å². The number of unbranched alkanes of at least 4 members (excludes halogenated alkanes) is 28. The van der Waals surface area contributed by atoms with Crippen LogP contribution in [0.1, 0.15) is 219 Å². The summed E-state index contributed by atoms with van der Waals surface area (Å²) in [6.07, 6.45) is 35.5. The summed E-state index contributed by atoms with van der Waals surface area (Å²) >= 11 is 0. The van der Waals surface area contributed by atoms with Gasteiger partial charge in [0.15, 0.2) is 6.04 Å². The van der Waals surface area contributed by atoms with Crippen LogP contribution in [0.25, 0.3) is 0 Å². The van der Waals surface area contributed by atoms with E-state index in [-0.39, 0.29) is 12.8 Å². The Balaban J connectivity index is 3.86. The number of aliphatic hydroxyl groups is 1. The fourth-order valence-electron chi connectivity index (χ4n) is 6.43. The monoisotopic (exact) mass is 792 g/mol. The summed E-state index contributed by atoms with van der Waals surface area (Å²) in [7, 11) is -4.75. The third-order valence-electron chi connectivity index (χ3n) is 9.90. The molecule has 0 aliphatic carbocycles. The minimum atomic E-state index is -4.75. The number of aliphatic carboxylic acids is 1. The molecule has 3 atom stereocenters. The number of phosphoric ester groups is 1. The minimum Gasteiger partial charge on any atom is -0.480 e. The number of carbonyl (C=O) groups excluding carboxylic acids is 2. The molecule has 3 unspecified atom stereocenters. The normalized spacial score (nSPS) is 13.7. The minimum absolute atomic E-state index is 0.153. The van der Waals surface area contributed by atoms with Crippen LogP contribution in [-0.2, 0) is 32.7 Å². The van der Waals surface area contributed by atoms with Crippen molar-refractivity contribution < 1.29 is 47.8 Å². The molecule has 1 amide bonds. The predicted octanol–water partition coefficient (Wildman–Crippen LogP) is 11.1. The van der Waals surface area contributed by atoms with E-state index in [1.807, 2.05) is 0 Å². The predicted molar refractivity (Wildman–Crippen MR) is 217 cm³/mol. The lowest BCUT2D eigenvalue weighted by atomic mass is 10.0. The van der Waals surface area contributed by atoms with Crippen LogP contribution in [0.5, 0.6) is 0 Å². The SMILES string of the molecule is CCCCCCCCCCCCCCCCCCCCC(=O)NC(COP(=O)(O)OCC(O)COC(=O)CCCCCCCCCCCCCC)C(=O)O. The smallest absolute Gasteiger partial charge is 0.472 e. The Labute approximate surface area is 329 Å². The van der Waals surface area contributed by atoms with Gasteiger partial charge in [-0.2, -0.15) is 0 Å². The first-order valence-corrected chi connectivity index (χ1v) is 23.6. The highest BCUT2D eigenvalue weighted by atomic mass is 31.2. The van der Waals surface area contributed by atoms with Crippen molar-refractivity contribution in [2.45, 2.75) is 231 Å². The highest BCUT2D eigenvalue weighted by Crippen LogP contribution is 2.43. The van der Waals surface area contributed by atoms with Crippen molar-refractivity contribution >= 4 is 25.7 Å². The van der Waals surface area contributed by atoms with Crippen LogP contribution in [0.4, 0.5) is 0 Å². The topological polar surface area (TPSA) is 169 Å². The van der Waals surface area contributed by atoms with Crippen molar-refractivity contribution in [3.05, 3.63) is 0 Å². The molecule has 12 heteroatoms. The molecule has 0 aromatic carbocycles. The van der Waals surface area contributed by atoms with Gasteiger partial charge in [0.05, 0.1) is 13.2 Å². The van der Waals surface area contributed by atoms with Crippen LogP contribution in [0.15, 0.2) is 0 Å². The Morgan fingerprint density at radius 1 is 0.519 bits per heavy atom. The summed E-state index contributed by atoms with van der Waals surface area (Å²) in [6, 6.07) is -1.54. The van der Waals surface area contributed by atoms with Gasteiger partial charge >= 0.3 is 19.8 Å². The van der Waals surface area contributed by atoms with Crippen molar-refractivity contribution in [2.75, 3.05) is 19.8 Å². The van der Waals surface area contributed by atoms with E-state index in [1.165, 1.54) is 141 Å². The molecule has 0 aliphatic heterocycles. The van der Waals surface area contributed by atoms with E-state index in [4.69, 9.17) is 13.8 Å². The quantitative estimate of drug-likeness (QED) is 0.0265. The summed E-state index contributed by atoms with van der Waals surface area (Å²) < 4.78 is 26.8. The van der Waals surface area contributed by atoms with E-state index in [1.54, 1.807) is 0 Å². The number of aliphatic hydroxyl groups excluding tert-OH is 1. The van der Waals surface area contributed by atoms with Crippen molar-refractivity contribution in [1.29, 1.82) is 0 Å². The highest BCUT2D eigenvalue weighted by Gasteiger charge is 2.28. The summed E-state index contributed by atoms with van der Waals surface area (Å²) in [6.45, 7) is 2.61. The third kappa shape index (κ3) is 37.4. The first-order chi connectivity index (χ1) is 26.1. The van der Waals surface area contributed by atoms with Gasteiger partial charge in [-0.3, -0.25) is 18.6 Å². The molecule has 0 fully saturated rings. The van der Waals surface area contributed by atoms with E-state index in [9.17, 15) is 34.1 Å². The van der Waals surface area contributed by atoms with Crippen LogP contribution in [0.3, 0.4) is 0 Å². The van der Waals surface area contributed by atoms with Gasteiger partial charge in [-0.25, -0.2) is 9.36 Å². The van der Waals surface area contributed by atoms with E-state index < -0.39 is 57.6 Å². The van der Waals surface area contributed by atoms with Crippen molar-refractivity contribution in [1.82, 2.24) is 5.32 Å². The number of hydrogen-bond donors (Lipinski definition) is 4. The molecule has 0 radical (unpaired) electrons. The number of amides is 1. The van der Waals surface area contributed by atoms with E-state index in [0.29, 0.717) is 12.8 Å². The molecule has 0 heterocycles. The molecule has 54 heavy (non-hydrogen) atoms. The largest absolute Gasteiger partial charge is 0.480 e. The Morgan fingerprint density at radius 3 is 1.22 bits per heavy atom. The number of hydrogen-bond acceptors (Lipinski definition) is 8. The molecule has 0 aliphatic rings. The molecule has 0 saturated carbocycles. The first kappa shape index (κ1) is 52.5. The average molecular weight is 792 g/mol. The lowest BCUT2D eigenvalue weighted by Crippen LogP contribution is -2.43. The lowest BCUT2D eigenvalue weighted by Gasteiger charge is -2.18. The molecule has 0 spiro atoms. The van der Waals surface area contributed by atoms with Crippen molar-refractivity contribution in [2.24, 2.45) is 0 Å². The van der Waals surface area contributed by atoms with E-state index in [2.05, 4.69) is 19.2 Å². The maximum atomic E-state index is 12.3. The van der Waals surface area contributed by atoms with Gasteiger partial charge < -0.3 is 25.2 Å². The molecular weight excluding hydrogens is 709 g/mol. The van der Waals surface area contributed by atoms with Crippen LogP contribution < -0.4 is 5.32 Å². The number of phosphoric acid groups is 1. The second-order valence-corrected chi connectivity index (χ2v) is 16.7. The zero-order valence-electron chi connectivity index (χ0n) is 34.6. The van der Waals surface area contributed by atoms with Crippen LogP contribution in [-0.4, -0.2) is 64.9 Å². The Kier molecular flexibility index (Phi) is 37.3. The molecule has 0 bridgehead atoms. The fraction of sp³-hybridized carbons (Fsp3) is 0.929. The number of nitrogens with one attached hydrogen (secondary N) is 1. The number of carbonyl (C=O) groups is 3. The molecular formula is C42H82NO10P. The van der Waals surface area contributed by atoms with Crippen LogP contribution >= 0.6 is 7.82 Å². The van der Waals surface area contributed by atoms with E-state index in [0.717, 1.165) is 38.5 Å². The molecule has 0 saturated heterocycles. The van der Waals surface area contributed by atoms with Gasteiger partial charge in [0.2, 0.25) is 5.91 Å². The van der Waals surface area contributed by atoms with Crippen molar-refractivity contribution in [3.63, 3.8) is 0 Å². The van der Waals surface area contributed by atoms with Gasteiger partial charge in [0, 0.05) is 12.8 Å². The summed E-state index contributed by atoms with van der Waals surface area (Å²) in [5.74, 6) is -2.35. The second kappa shape index (κ2) is 38.4. The summed E-state index contributed by atoms with van der Waals surface area (Å²) in [5.41, 5.74) is 0. The Hall–Kier alpha value is -1.52. The van der Waals surface area contributed by atoms with E-state index >= 15 is 0 Å². The van der Waals surface area contributed by atoms with Crippen LogP contribution in [0, 0.1) is 0 Å². The lowest BCUT2D eigenvalue weighted by molar-refractivity contribution is -0.147. The van der Waals surface area contributed by atoms with Crippen molar-refractivity contribution in [3.8, 4) is 0 Å². The maximum Gasteiger partial charge on any atom is 0.472 e. The highest BCUT2D eigenvalue weighted by molar-refractivity contribution is 7.47. The molecule has 4 N–H and O–H groups in total.